The number of hydrogen-bond donors (Lipinski definition) is 2. The highest BCUT2D eigenvalue weighted by Crippen LogP contribution is 2.32. The molecule has 2 aromatic rings. The number of hydrogen-bond acceptors (Lipinski definition) is 4. The molecule has 0 fully saturated rings. The van der Waals surface area contributed by atoms with E-state index in [1.165, 1.54) is 0 Å². The van der Waals surface area contributed by atoms with E-state index in [9.17, 15) is 4.79 Å². The fourth-order valence-corrected chi connectivity index (χ4v) is 2.78. The average molecular weight is 344 g/mol. The largest absolute Gasteiger partial charge is 0.454 e. The lowest BCUT2D eigenvalue weighted by molar-refractivity contribution is 0.174. The number of rotatable bonds is 6. The van der Waals surface area contributed by atoms with Gasteiger partial charge in [0.05, 0.1) is 5.69 Å². The average Bonchev–Trinajstić information content (AvgIpc) is 3.16. The minimum absolute atomic E-state index is 0.183. The van der Waals surface area contributed by atoms with Crippen LogP contribution in [0.5, 0.6) is 11.5 Å². The van der Waals surface area contributed by atoms with Crippen molar-refractivity contribution in [3.05, 3.63) is 41.2 Å². The molecule has 1 aliphatic rings. The number of aromatic nitrogens is 2. The van der Waals surface area contributed by atoms with Gasteiger partial charge >= 0.3 is 6.03 Å². The van der Waals surface area contributed by atoms with Crippen molar-refractivity contribution in [1.82, 2.24) is 20.4 Å². The number of benzene rings is 1. The number of nitrogens with zero attached hydrogens (tertiary/aromatic N) is 2. The van der Waals surface area contributed by atoms with Crippen LogP contribution in [0.15, 0.2) is 24.3 Å². The second-order valence-electron chi connectivity index (χ2n) is 6.47. The van der Waals surface area contributed by atoms with Gasteiger partial charge in [-0.05, 0) is 43.5 Å². The number of fused-ring (bicyclic) bond motifs is 1. The van der Waals surface area contributed by atoms with Crippen molar-refractivity contribution in [3.8, 4) is 11.5 Å². The lowest BCUT2D eigenvalue weighted by Gasteiger charge is -2.14. The van der Waals surface area contributed by atoms with E-state index in [0.717, 1.165) is 35.0 Å². The van der Waals surface area contributed by atoms with Crippen molar-refractivity contribution in [2.45, 2.75) is 33.9 Å². The maximum absolute atomic E-state index is 12.0. The topological polar surface area (TPSA) is 77.4 Å². The first-order valence-corrected chi connectivity index (χ1v) is 8.42. The number of carbonyl (C=O) groups excluding carboxylic acids is 1. The predicted molar refractivity (Wildman–Crippen MR) is 93.7 cm³/mol. The molecule has 1 aliphatic heterocycles. The lowest BCUT2D eigenvalue weighted by Crippen LogP contribution is -2.38. The normalized spacial score (nSPS) is 13.6. The summed E-state index contributed by atoms with van der Waals surface area (Å²) < 4.78 is 12.6. The summed E-state index contributed by atoms with van der Waals surface area (Å²) in [7, 11) is 0. The quantitative estimate of drug-likeness (QED) is 0.843. The Hall–Kier alpha value is -2.70. The third kappa shape index (κ3) is 4.43. The summed E-state index contributed by atoms with van der Waals surface area (Å²) in [6.45, 7) is 8.17. The van der Waals surface area contributed by atoms with Gasteiger partial charge in [0.2, 0.25) is 6.79 Å². The molecule has 3 rings (SSSR count). The van der Waals surface area contributed by atoms with Crippen LogP contribution < -0.4 is 20.1 Å². The molecule has 7 nitrogen and oxygen atoms in total. The molecule has 1 atom stereocenters. The number of amides is 2. The monoisotopic (exact) mass is 344 g/mol. The minimum atomic E-state index is -0.183. The Morgan fingerprint density at radius 3 is 2.80 bits per heavy atom. The maximum atomic E-state index is 12.0. The first kappa shape index (κ1) is 17.1. The molecule has 2 heterocycles. The molecule has 0 unspecified atom stereocenters. The molecule has 0 saturated heterocycles. The van der Waals surface area contributed by atoms with Crippen molar-refractivity contribution >= 4 is 6.03 Å². The van der Waals surface area contributed by atoms with Crippen molar-refractivity contribution in [2.75, 3.05) is 13.3 Å². The van der Waals surface area contributed by atoms with Gasteiger partial charge in [-0.3, -0.25) is 4.68 Å². The molecule has 134 valence electrons. The first-order valence-electron chi connectivity index (χ1n) is 8.42. The Kier molecular flexibility index (Phi) is 5.11. The highest BCUT2D eigenvalue weighted by atomic mass is 16.7. The van der Waals surface area contributed by atoms with E-state index in [0.29, 0.717) is 13.1 Å². The third-order valence-corrected chi connectivity index (χ3v) is 4.09. The summed E-state index contributed by atoms with van der Waals surface area (Å²) in [6.07, 6.45) is 0. The number of aryl methyl sites for hydroxylation is 2. The van der Waals surface area contributed by atoms with Crippen molar-refractivity contribution < 1.29 is 14.3 Å². The van der Waals surface area contributed by atoms with Crippen molar-refractivity contribution in [3.63, 3.8) is 0 Å². The van der Waals surface area contributed by atoms with Gasteiger partial charge in [0, 0.05) is 25.3 Å². The van der Waals surface area contributed by atoms with Gasteiger partial charge in [-0.2, -0.15) is 5.10 Å². The van der Waals surface area contributed by atoms with E-state index in [1.54, 1.807) is 0 Å². The summed E-state index contributed by atoms with van der Waals surface area (Å²) in [5, 5.41) is 10.2. The van der Waals surface area contributed by atoms with Crippen LogP contribution in [0.25, 0.3) is 0 Å². The molecule has 0 aliphatic carbocycles. The van der Waals surface area contributed by atoms with Gasteiger partial charge < -0.3 is 20.1 Å². The van der Waals surface area contributed by atoms with Crippen LogP contribution in [-0.4, -0.2) is 29.1 Å². The van der Waals surface area contributed by atoms with Crippen LogP contribution in [0.2, 0.25) is 0 Å². The molecule has 25 heavy (non-hydrogen) atoms. The predicted octanol–water partition coefficient (Wildman–Crippen LogP) is 2.36. The summed E-state index contributed by atoms with van der Waals surface area (Å²) >= 11 is 0. The minimum Gasteiger partial charge on any atom is -0.454 e. The Labute approximate surface area is 147 Å². The summed E-state index contributed by atoms with van der Waals surface area (Å²) in [4.78, 5) is 12.0. The second-order valence-corrected chi connectivity index (χ2v) is 6.47. The van der Waals surface area contributed by atoms with E-state index < -0.39 is 0 Å². The number of urea groups is 1. The van der Waals surface area contributed by atoms with Crippen molar-refractivity contribution in [2.24, 2.45) is 5.92 Å². The molecular formula is C18H24N4O3. The fraction of sp³-hybridized carbons (Fsp3) is 0.444. The lowest BCUT2D eigenvalue weighted by atomic mass is 10.2. The molecule has 1 aromatic carbocycles. The summed E-state index contributed by atoms with van der Waals surface area (Å²) in [5.41, 5.74) is 3.12. The van der Waals surface area contributed by atoms with Gasteiger partial charge in [-0.1, -0.05) is 13.0 Å². The van der Waals surface area contributed by atoms with Crippen LogP contribution in [0.4, 0.5) is 4.79 Å². The molecule has 0 spiro atoms. The van der Waals surface area contributed by atoms with Gasteiger partial charge in [-0.25, -0.2) is 4.79 Å². The Morgan fingerprint density at radius 2 is 2.04 bits per heavy atom. The van der Waals surface area contributed by atoms with Crippen LogP contribution in [0.3, 0.4) is 0 Å². The van der Waals surface area contributed by atoms with Crippen LogP contribution >= 0.6 is 0 Å². The standard InChI is InChI=1S/C18H24N4O3/c1-12(10-22-14(3)6-13(2)21-22)8-19-18(23)20-9-15-4-5-16-17(7-15)25-11-24-16/h4-7,12H,8-11H2,1-3H3,(H2,19,20,23)/t12-/m0/s1. The van der Waals surface area contributed by atoms with E-state index in [2.05, 4.69) is 28.7 Å². The smallest absolute Gasteiger partial charge is 0.315 e. The molecule has 2 N–H and O–H groups in total. The van der Waals surface area contributed by atoms with Gasteiger partial charge in [-0.15, -0.1) is 0 Å². The Morgan fingerprint density at radius 1 is 1.24 bits per heavy atom. The summed E-state index contributed by atoms with van der Waals surface area (Å²) in [6, 6.07) is 7.53. The Bertz CT molecular complexity index is 757. The third-order valence-electron chi connectivity index (χ3n) is 4.09. The van der Waals surface area contributed by atoms with E-state index in [4.69, 9.17) is 9.47 Å². The van der Waals surface area contributed by atoms with Gasteiger partial charge in [0.25, 0.3) is 0 Å². The molecule has 7 heteroatoms. The first-order chi connectivity index (χ1) is 12.0. The molecule has 0 radical (unpaired) electrons. The van der Waals surface area contributed by atoms with Crippen LogP contribution in [0.1, 0.15) is 23.9 Å². The molecule has 0 saturated carbocycles. The van der Waals surface area contributed by atoms with Crippen molar-refractivity contribution in [1.29, 1.82) is 0 Å². The SMILES string of the molecule is Cc1cc(C)n(C[C@@H](C)CNC(=O)NCc2ccc3c(c2)OCO3)n1. The molecule has 2 amide bonds. The highest BCUT2D eigenvalue weighted by Gasteiger charge is 2.13. The molecule has 0 bridgehead atoms. The summed E-state index contributed by atoms with van der Waals surface area (Å²) in [5.74, 6) is 1.75. The van der Waals surface area contributed by atoms with Gasteiger partial charge in [0.1, 0.15) is 0 Å². The number of ether oxygens (including phenoxy) is 2. The number of carbonyl (C=O) groups is 1. The zero-order chi connectivity index (χ0) is 17.8. The highest BCUT2D eigenvalue weighted by molar-refractivity contribution is 5.73. The van der Waals surface area contributed by atoms with Crippen LogP contribution in [0, 0.1) is 19.8 Å². The maximum Gasteiger partial charge on any atom is 0.315 e. The van der Waals surface area contributed by atoms with E-state index in [-0.39, 0.29) is 18.7 Å². The fourth-order valence-electron chi connectivity index (χ4n) is 2.78. The molecule has 1 aromatic heterocycles. The second kappa shape index (κ2) is 7.46. The number of nitrogens with one attached hydrogen (secondary N) is 2. The molecular weight excluding hydrogens is 320 g/mol. The van der Waals surface area contributed by atoms with Crippen LogP contribution in [-0.2, 0) is 13.1 Å². The van der Waals surface area contributed by atoms with E-state index >= 15 is 0 Å². The van der Waals surface area contributed by atoms with Gasteiger partial charge in [0.15, 0.2) is 11.5 Å². The zero-order valence-electron chi connectivity index (χ0n) is 14.8. The van der Waals surface area contributed by atoms with E-state index in [1.807, 2.05) is 36.7 Å². The zero-order valence-corrected chi connectivity index (χ0v) is 14.8. The Balaban J connectivity index is 1.41.